The van der Waals surface area contributed by atoms with Gasteiger partial charge in [-0.05, 0) is 33.8 Å². The van der Waals surface area contributed by atoms with Crippen molar-refractivity contribution in [3.05, 3.63) is 28.5 Å². The summed E-state index contributed by atoms with van der Waals surface area (Å²) >= 11 is 6.30. The van der Waals surface area contributed by atoms with E-state index in [4.69, 9.17) is 26.8 Å². The lowest BCUT2D eigenvalue weighted by molar-refractivity contribution is -0.105. The third-order valence-electron chi connectivity index (χ3n) is 4.35. The Bertz CT molecular complexity index is 905. The third-order valence-corrected chi connectivity index (χ3v) is 4.76. The van der Waals surface area contributed by atoms with Crippen molar-refractivity contribution in [2.75, 3.05) is 19.7 Å². The first kappa shape index (κ1) is 19.4. The smallest absolute Gasteiger partial charge is 0.410 e. The van der Waals surface area contributed by atoms with E-state index in [0.29, 0.717) is 36.4 Å². The van der Waals surface area contributed by atoms with Crippen molar-refractivity contribution < 1.29 is 19.1 Å². The first-order chi connectivity index (χ1) is 12.5. The van der Waals surface area contributed by atoms with Crippen LogP contribution in [0.1, 0.15) is 43.7 Å². The number of rotatable bonds is 2. The van der Waals surface area contributed by atoms with Crippen molar-refractivity contribution in [1.29, 1.82) is 0 Å². The zero-order valence-electron chi connectivity index (χ0n) is 15.8. The summed E-state index contributed by atoms with van der Waals surface area (Å²) in [4.78, 5) is 32.9. The second-order valence-electron chi connectivity index (χ2n) is 7.78. The second-order valence-corrected chi connectivity index (χ2v) is 8.15. The summed E-state index contributed by atoms with van der Waals surface area (Å²) < 4.78 is 11.4. The van der Waals surface area contributed by atoms with Gasteiger partial charge in [0.1, 0.15) is 16.8 Å². The number of nitrogens with zero attached hydrogens (tertiary/aromatic N) is 2. The molecule has 3 N–H and O–H groups in total. The first-order valence-electron chi connectivity index (χ1n) is 8.59. The van der Waals surface area contributed by atoms with Crippen LogP contribution in [0.4, 0.5) is 4.79 Å². The molecule has 0 aromatic carbocycles. The molecule has 1 saturated heterocycles. The Morgan fingerprint density at radius 2 is 2.15 bits per heavy atom. The topological polar surface area (TPSA) is 111 Å². The minimum absolute atomic E-state index is 0.153. The lowest BCUT2D eigenvalue weighted by atomic mass is 9.99. The highest BCUT2D eigenvalue weighted by atomic mass is 35.5. The molecule has 0 unspecified atom stereocenters. The number of H-pyrrole nitrogens is 1. The number of hydrogen-bond acceptors (Lipinski definition) is 5. The number of carbonyl (C=O) groups excluding carboxylic acids is 2. The molecule has 0 saturated carbocycles. The molecule has 2 aromatic heterocycles. The molecule has 1 aliphatic heterocycles. The zero-order valence-corrected chi connectivity index (χ0v) is 16.5. The fourth-order valence-electron chi connectivity index (χ4n) is 3.02. The minimum Gasteiger partial charge on any atom is -0.444 e. The average molecular weight is 395 g/mol. The van der Waals surface area contributed by atoms with Gasteiger partial charge in [-0.3, -0.25) is 4.79 Å². The molecule has 1 atom stereocenters. The number of aromatic amines is 1. The summed E-state index contributed by atoms with van der Waals surface area (Å²) in [7, 11) is 0. The molecule has 0 bridgehead atoms. The van der Waals surface area contributed by atoms with Gasteiger partial charge >= 0.3 is 6.09 Å². The van der Waals surface area contributed by atoms with Gasteiger partial charge in [-0.2, -0.15) is 0 Å². The molecule has 27 heavy (non-hydrogen) atoms. The van der Waals surface area contributed by atoms with E-state index < -0.39 is 17.1 Å². The molecule has 3 rings (SSSR count). The predicted octanol–water partition coefficient (Wildman–Crippen LogP) is 2.80. The van der Waals surface area contributed by atoms with Crippen molar-refractivity contribution in [1.82, 2.24) is 14.9 Å². The number of amides is 2. The number of nitrogens with two attached hydrogens (primary N) is 1. The number of pyridine rings is 1. The highest BCUT2D eigenvalue weighted by Gasteiger charge is 2.38. The minimum atomic E-state index is -0.800. The van der Waals surface area contributed by atoms with Crippen LogP contribution in [0.15, 0.2) is 12.3 Å². The van der Waals surface area contributed by atoms with Gasteiger partial charge in [0.15, 0.2) is 0 Å². The zero-order chi connectivity index (χ0) is 20.0. The Labute approximate surface area is 162 Å². The summed E-state index contributed by atoms with van der Waals surface area (Å²) in [5, 5.41) is 0.806. The maximum Gasteiger partial charge on any atom is 0.410 e. The van der Waals surface area contributed by atoms with E-state index in [9.17, 15) is 9.59 Å². The van der Waals surface area contributed by atoms with E-state index in [1.54, 1.807) is 11.0 Å². The average Bonchev–Trinajstić information content (AvgIpc) is 2.99. The molecule has 2 amide bonds. The van der Waals surface area contributed by atoms with Gasteiger partial charge in [0, 0.05) is 18.1 Å². The molecular weight excluding hydrogens is 372 g/mol. The van der Waals surface area contributed by atoms with Crippen LogP contribution in [0.25, 0.3) is 11.0 Å². The van der Waals surface area contributed by atoms with Gasteiger partial charge < -0.3 is 25.1 Å². The Morgan fingerprint density at radius 3 is 2.78 bits per heavy atom. The molecule has 2 aromatic rings. The molecule has 8 nitrogen and oxygen atoms in total. The lowest BCUT2D eigenvalue weighted by Gasteiger charge is -2.40. The van der Waals surface area contributed by atoms with Crippen LogP contribution in [0.2, 0.25) is 5.02 Å². The normalized spacial score (nSPS) is 20.7. The number of morpholine rings is 1. The molecule has 0 aliphatic carbocycles. The third kappa shape index (κ3) is 3.86. The molecule has 9 heteroatoms. The highest BCUT2D eigenvalue weighted by Crippen LogP contribution is 2.34. The monoisotopic (exact) mass is 394 g/mol. The van der Waals surface area contributed by atoms with Gasteiger partial charge in [0.05, 0.1) is 29.4 Å². The van der Waals surface area contributed by atoms with Gasteiger partial charge in [-0.15, -0.1) is 0 Å². The molecule has 146 valence electrons. The van der Waals surface area contributed by atoms with Crippen LogP contribution in [-0.4, -0.2) is 52.2 Å². The first-order valence-corrected chi connectivity index (χ1v) is 8.97. The van der Waals surface area contributed by atoms with Crippen LogP contribution in [-0.2, 0) is 15.1 Å². The SMILES string of the molecule is CC(C)(C)OC(=O)N1CCO[C@](C)(c2cc3c(Cl)c(C(N)=O)cnc3[nH]2)C1. The Balaban J connectivity index is 1.91. The summed E-state index contributed by atoms with van der Waals surface area (Å²) in [5.41, 5.74) is 5.32. The van der Waals surface area contributed by atoms with Gasteiger partial charge in [-0.25, -0.2) is 9.78 Å². The summed E-state index contributed by atoms with van der Waals surface area (Å²) in [6.45, 7) is 8.45. The molecule has 3 heterocycles. The molecule has 1 fully saturated rings. The van der Waals surface area contributed by atoms with Crippen molar-refractivity contribution in [3.8, 4) is 0 Å². The number of hydrogen-bond donors (Lipinski definition) is 2. The maximum atomic E-state index is 12.4. The Morgan fingerprint density at radius 1 is 1.44 bits per heavy atom. The lowest BCUT2D eigenvalue weighted by Crippen LogP contribution is -2.51. The highest BCUT2D eigenvalue weighted by molar-refractivity contribution is 6.38. The molecule has 0 radical (unpaired) electrons. The Kier molecular flexibility index (Phi) is 4.81. The van der Waals surface area contributed by atoms with Crippen molar-refractivity contribution in [2.45, 2.75) is 38.9 Å². The number of carbonyl (C=O) groups is 2. The number of fused-ring (bicyclic) bond motifs is 1. The number of primary amides is 1. The van der Waals surface area contributed by atoms with Crippen LogP contribution in [0, 0.1) is 0 Å². The standard InChI is InChI=1S/C18H23ClN4O4/c1-17(2,3)27-16(25)23-5-6-26-18(4,9-23)12-7-10-13(19)11(14(20)24)8-21-15(10)22-12/h7-8H,5-6,9H2,1-4H3,(H2,20,24)(H,21,22)/t18-/m0/s1. The van der Waals surface area contributed by atoms with Gasteiger partial charge in [0.25, 0.3) is 5.91 Å². The fraction of sp³-hybridized carbons (Fsp3) is 0.500. The predicted molar refractivity (Wildman–Crippen MR) is 101 cm³/mol. The Hall–Kier alpha value is -2.32. The van der Waals surface area contributed by atoms with E-state index in [0.717, 1.165) is 0 Å². The van der Waals surface area contributed by atoms with Crippen molar-refractivity contribution >= 4 is 34.6 Å². The van der Waals surface area contributed by atoms with E-state index >= 15 is 0 Å². The number of nitrogens with one attached hydrogen (secondary N) is 1. The van der Waals surface area contributed by atoms with Crippen LogP contribution < -0.4 is 5.73 Å². The number of ether oxygens (including phenoxy) is 2. The fourth-order valence-corrected chi connectivity index (χ4v) is 3.30. The second kappa shape index (κ2) is 6.69. The number of halogens is 1. The van der Waals surface area contributed by atoms with Gasteiger partial charge in [0.2, 0.25) is 0 Å². The summed E-state index contributed by atoms with van der Waals surface area (Å²) in [6, 6.07) is 1.77. The summed E-state index contributed by atoms with van der Waals surface area (Å²) in [5.74, 6) is -0.645. The van der Waals surface area contributed by atoms with Crippen molar-refractivity contribution in [3.63, 3.8) is 0 Å². The quantitative estimate of drug-likeness (QED) is 0.813. The molecule has 1 aliphatic rings. The van der Waals surface area contributed by atoms with Crippen LogP contribution >= 0.6 is 11.6 Å². The van der Waals surface area contributed by atoms with Crippen LogP contribution in [0.3, 0.4) is 0 Å². The molecular formula is C18H23ClN4O4. The van der Waals surface area contributed by atoms with E-state index in [-0.39, 0.29) is 16.7 Å². The van der Waals surface area contributed by atoms with Crippen LogP contribution in [0.5, 0.6) is 0 Å². The number of aromatic nitrogens is 2. The van der Waals surface area contributed by atoms with E-state index in [1.807, 2.05) is 27.7 Å². The van der Waals surface area contributed by atoms with E-state index in [2.05, 4.69) is 9.97 Å². The largest absolute Gasteiger partial charge is 0.444 e. The van der Waals surface area contributed by atoms with Gasteiger partial charge in [-0.1, -0.05) is 11.6 Å². The van der Waals surface area contributed by atoms with E-state index in [1.165, 1.54) is 6.20 Å². The van der Waals surface area contributed by atoms with Crippen molar-refractivity contribution in [2.24, 2.45) is 5.73 Å². The summed E-state index contributed by atoms with van der Waals surface area (Å²) in [6.07, 6.45) is 0.949. The maximum absolute atomic E-state index is 12.4. The molecule has 0 spiro atoms.